The highest BCUT2D eigenvalue weighted by atomic mass is 16.5. The van der Waals surface area contributed by atoms with Gasteiger partial charge in [-0.15, -0.1) is 0 Å². The standard InChI is InChI=1S/C15H26N6O2/c1-5-16-15(17-8-13-18-11(4)20-23-13)19-12-6-7-21(9-12)14(22)10(2)3/h10,12H,5-9H2,1-4H3,(H2,16,17,19). The van der Waals surface area contributed by atoms with Gasteiger partial charge in [0.2, 0.25) is 11.8 Å². The van der Waals surface area contributed by atoms with Crippen LogP contribution in [0.1, 0.15) is 38.9 Å². The number of aryl methyl sites for hydroxylation is 1. The first kappa shape index (κ1) is 17.2. The fraction of sp³-hybridized carbons (Fsp3) is 0.733. The predicted molar refractivity (Wildman–Crippen MR) is 86.8 cm³/mol. The maximum Gasteiger partial charge on any atom is 0.248 e. The first-order valence-corrected chi connectivity index (χ1v) is 8.12. The molecule has 0 aliphatic carbocycles. The number of rotatable bonds is 5. The van der Waals surface area contributed by atoms with Crippen molar-refractivity contribution in [3.63, 3.8) is 0 Å². The van der Waals surface area contributed by atoms with E-state index in [1.165, 1.54) is 0 Å². The lowest BCUT2D eigenvalue weighted by Gasteiger charge is -2.20. The van der Waals surface area contributed by atoms with Crippen molar-refractivity contribution in [2.45, 2.75) is 46.7 Å². The van der Waals surface area contributed by atoms with Crippen LogP contribution in [0.3, 0.4) is 0 Å². The third-order valence-electron chi connectivity index (χ3n) is 3.62. The van der Waals surface area contributed by atoms with E-state index >= 15 is 0 Å². The second-order valence-electron chi connectivity index (χ2n) is 6.00. The third-order valence-corrected chi connectivity index (χ3v) is 3.62. The monoisotopic (exact) mass is 322 g/mol. The zero-order valence-electron chi connectivity index (χ0n) is 14.3. The van der Waals surface area contributed by atoms with Crippen molar-refractivity contribution < 1.29 is 9.32 Å². The van der Waals surface area contributed by atoms with Crippen LogP contribution in [-0.2, 0) is 11.3 Å². The first-order chi connectivity index (χ1) is 11.0. The molecule has 1 saturated heterocycles. The van der Waals surface area contributed by atoms with Crippen molar-refractivity contribution in [3.8, 4) is 0 Å². The first-order valence-electron chi connectivity index (χ1n) is 8.12. The Morgan fingerprint density at radius 1 is 1.52 bits per heavy atom. The number of guanidine groups is 1. The molecule has 8 nitrogen and oxygen atoms in total. The number of aromatic nitrogens is 2. The van der Waals surface area contributed by atoms with Gasteiger partial charge in [0.05, 0.1) is 0 Å². The van der Waals surface area contributed by atoms with Crippen LogP contribution in [0.5, 0.6) is 0 Å². The summed E-state index contributed by atoms with van der Waals surface area (Å²) in [6, 6.07) is 0.208. The number of hydrogen-bond donors (Lipinski definition) is 2. The van der Waals surface area contributed by atoms with E-state index in [0.717, 1.165) is 19.5 Å². The van der Waals surface area contributed by atoms with Gasteiger partial charge in [0, 0.05) is 31.6 Å². The maximum absolute atomic E-state index is 12.0. The van der Waals surface area contributed by atoms with E-state index in [0.29, 0.717) is 30.8 Å². The minimum absolute atomic E-state index is 0.0384. The summed E-state index contributed by atoms with van der Waals surface area (Å²) in [7, 11) is 0. The lowest BCUT2D eigenvalue weighted by atomic mass is 10.2. The molecule has 1 aliphatic heterocycles. The van der Waals surface area contributed by atoms with E-state index in [1.807, 2.05) is 25.7 Å². The molecule has 1 fully saturated rings. The molecule has 8 heteroatoms. The molecule has 0 bridgehead atoms. The van der Waals surface area contributed by atoms with Crippen LogP contribution in [-0.4, -0.2) is 52.6 Å². The molecule has 1 atom stereocenters. The second kappa shape index (κ2) is 7.94. The Morgan fingerprint density at radius 3 is 2.91 bits per heavy atom. The Balaban J connectivity index is 1.90. The maximum atomic E-state index is 12.0. The van der Waals surface area contributed by atoms with Gasteiger partial charge in [0.15, 0.2) is 11.8 Å². The molecule has 0 radical (unpaired) electrons. The van der Waals surface area contributed by atoms with Gasteiger partial charge in [0.25, 0.3) is 0 Å². The Hall–Kier alpha value is -2.12. The van der Waals surface area contributed by atoms with Crippen LogP contribution >= 0.6 is 0 Å². The normalized spacial score (nSPS) is 18.6. The minimum atomic E-state index is 0.0384. The lowest BCUT2D eigenvalue weighted by molar-refractivity contribution is -0.133. The predicted octanol–water partition coefficient (Wildman–Crippen LogP) is 0.690. The van der Waals surface area contributed by atoms with Gasteiger partial charge < -0.3 is 20.1 Å². The van der Waals surface area contributed by atoms with Crippen LogP contribution in [0.25, 0.3) is 0 Å². The van der Waals surface area contributed by atoms with Crippen molar-refractivity contribution in [1.82, 2.24) is 25.7 Å². The van der Waals surface area contributed by atoms with E-state index in [4.69, 9.17) is 4.52 Å². The summed E-state index contributed by atoms with van der Waals surface area (Å²) in [4.78, 5) is 22.5. The highest BCUT2D eigenvalue weighted by Gasteiger charge is 2.27. The summed E-state index contributed by atoms with van der Waals surface area (Å²) < 4.78 is 5.06. The van der Waals surface area contributed by atoms with Gasteiger partial charge in [-0.25, -0.2) is 4.99 Å². The molecule has 128 valence electrons. The van der Waals surface area contributed by atoms with Crippen molar-refractivity contribution in [3.05, 3.63) is 11.7 Å². The Bertz CT molecular complexity index is 554. The van der Waals surface area contributed by atoms with Gasteiger partial charge in [-0.3, -0.25) is 4.79 Å². The minimum Gasteiger partial charge on any atom is -0.357 e. The highest BCUT2D eigenvalue weighted by Crippen LogP contribution is 2.12. The Labute approximate surface area is 136 Å². The van der Waals surface area contributed by atoms with Crippen molar-refractivity contribution >= 4 is 11.9 Å². The molecule has 2 rings (SSSR count). The average molecular weight is 322 g/mol. The van der Waals surface area contributed by atoms with Crippen LogP contribution in [0.4, 0.5) is 0 Å². The van der Waals surface area contributed by atoms with E-state index < -0.39 is 0 Å². The molecule has 2 N–H and O–H groups in total. The van der Waals surface area contributed by atoms with Gasteiger partial charge in [-0.05, 0) is 20.3 Å². The zero-order valence-corrected chi connectivity index (χ0v) is 14.3. The summed E-state index contributed by atoms with van der Waals surface area (Å²) in [6.45, 7) is 10.2. The summed E-state index contributed by atoms with van der Waals surface area (Å²) >= 11 is 0. The summed E-state index contributed by atoms with van der Waals surface area (Å²) in [5.41, 5.74) is 0. The average Bonchev–Trinajstić information content (AvgIpc) is 3.13. The topological polar surface area (TPSA) is 95.7 Å². The largest absolute Gasteiger partial charge is 0.357 e. The summed E-state index contributed by atoms with van der Waals surface area (Å²) in [5, 5.41) is 10.3. The SMILES string of the molecule is CCNC(=NCc1nc(C)no1)NC1CCN(C(=O)C(C)C)C1. The Morgan fingerprint density at radius 2 is 2.30 bits per heavy atom. The molecule has 0 saturated carbocycles. The van der Waals surface area contributed by atoms with Crippen LogP contribution < -0.4 is 10.6 Å². The van der Waals surface area contributed by atoms with Crippen molar-refractivity contribution in [2.75, 3.05) is 19.6 Å². The number of carbonyl (C=O) groups is 1. The van der Waals surface area contributed by atoms with Gasteiger partial charge in [0.1, 0.15) is 6.54 Å². The zero-order chi connectivity index (χ0) is 16.8. The van der Waals surface area contributed by atoms with E-state index in [9.17, 15) is 4.79 Å². The quantitative estimate of drug-likeness (QED) is 0.612. The summed E-state index contributed by atoms with van der Waals surface area (Å²) in [5.74, 6) is 2.04. The molecule has 0 aromatic carbocycles. The second-order valence-corrected chi connectivity index (χ2v) is 6.00. The smallest absolute Gasteiger partial charge is 0.248 e. The number of hydrogen-bond acceptors (Lipinski definition) is 5. The number of nitrogens with zero attached hydrogens (tertiary/aromatic N) is 4. The number of carbonyl (C=O) groups excluding carboxylic acids is 1. The van der Waals surface area contributed by atoms with Crippen LogP contribution in [0, 0.1) is 12.8 Å². The van der Waals surface area contributed by atoms with E-state index in [-0.39, 0.29) is 17.9 Å². The molecule has 1 aromatic rings. The summed E-state index contributed by atoms with van der Waals surface area (Å²) in [6.07, 6.45) is 0.919. The number of likely N-dealkylation sites (tertiary alicyclic amines) is 1. The van der Waals surface area contributed by atoms with Gasteiger partial charge in [-0.2, -0.15) is 4.98 Å². The van der Waals surface area contributed by atoms with E-state index in [2.05, 4.69) is 25.8 Å². The van der Waals surface area contributed by atoms with Gasteiger partial charge >= 0.3 is 0 Å². The van der Waals surface area contributed by atoms with Crippen LogP contribution in [0.15, 0.2) is 9.52 Å². The lowest BCUT2D eigenvalue weighted by Crippen LogP contribution is -2.45. The molecule has 1 aliphatic rings. The fourth-order valence-corrected chi connectivity index (χ4v) is 2.51. The molecule has 1 aromatic heterocycles. The number of amides is 1. The van der Waals surface area contributed by atoms with E-state index in [1.54, 1.807) is 6.92 Å². The van der Waals surface area contributed by atoms with Crippen LogP contribution in [0.2, 0.25) is 0 Å². The molecule has 2 heterocycles. The van der Waals surface area contributed by atoms with Crippen molar-refractivity contribution in [1.29, 1.82) is 0 Å². The van der Waals surface area contributed by atoms with Gasteiger partial charge in [-0.1, -0.05) is 19.0 Å². The fourth-order valence-electron chi connectivity index (χ4n) is 2.51. The molecule has 1 amide bonds. The molecule has 0 spiro atoms. The number of nitrogens with one attached hydrogen (secondary N) is 2. The van der Waals surface area contributed by atoms with Crippen molar-refractivity contribution in [2.24, 2.45) is 10.9 Å². The molecular weight excluding hydrogens is 296 g/mol. The Kier molecular flexibility index (Phi) is 5.95. The third kappa shape index (κ3) is 4.94. The molecular formula is C15H26N6O2. The molecule has 23 heavy (non-hydrogen) atoms. The molecule has 1 unspecified atom stereocenters. The highest BCUT2D eigenvalue weighted by molar-refractivity contribution is 5.81. The number of aliphatic imine (C=N–C) groups is 1.